The SMILES string of the molecule is COc1c(O)cc2c(c1CC=C(C)C)O[C@H]1c3cc(CC=C(C)C)c(O)cc3OC[C@@H]21. The van der Waals surface area contributed by atoms with Gasteiger partial charge in [0.25, 0.3) is 0 Å². The second kappa shape index (κ2) is 8.22. The van der Waals surface area contributed by atoms with E-state index in [1.807, 2.05) is 33.8 Å². The van der Waals surface area contributed by atoms with Crippen molar-refractivity contribution in [2.24, 2.45) is 0 Å². The summed E-state index contributed by atoms with van der Waals surface area (Å²) >= 11 is 0. The Morgan fingerprint density at radius 1 is 1.00 bits per heavy atom. The fraction of sp³-hybridized carbons (Fsp3) is 0.385. The number of aromatic hydroxyl groups is 2. The minimum absolute atomic E-state index is 0.0365. The molecule has 0 saturated carbocycles. The lowest BCUT2D eigenvalue weighted by atomic mass is 9.87. The summed E-state index contributed by atoms with van der Waals surface area (Å²) in [6.07, 6.45) is 5.21. The largest absolute Gasteiger partial charge is 0.508 e. The maximum Gasteiger partial charge on any atom is 0.167 e. The second-order valence-corrected chi connectivity index (χ2v) is 8.77. The quantitative estimate of drug-likeness (QED) is 0.602. The molecule has 2 aliphatic rings. The van der Waals surface area contributed by atoms with Gasteiger partial charge in [-0.2, -0.15) is 0 Å². The molecule has 0 spiro atoms. The maximum atomic E-state index is 10.6. The van der Waals surface area contributed by atoms with Gasteiger partial charge in [0.15, 0.2) is 11.5 Å². The molecular weight excluding hydrogens is 392 g/mol. The third-order valence-corrected chi connectivity index (χ3v) is 5.93. The molecule has 2 aromatic carbocycles. The van der Waals surface area contributed by atoms with Crippen molar-refractivity contribution < 1.29 is 24.4 Å². The summed E-state index contributed by atoms with van der Waals surface area (Å²) in [5.41, 5.74) is 5.93. The average molecular weight is 423 g/mol. The number of fused-ring (bicyclic) bond motifs is 5. The molecule has 2 aliphatic heterocycles. The molecule has 164 valence electrons. The van der Waals surface area contributed by atoms with Crippen molar-refractivity contribution >= 4 is 0 Å². The van der Waals surface area contributed by atoms with Crippen LogP contribution in [-0.4, -0.2) is 23.9 Å². The molecule has 0 fully saturated rings. The predicted octanol–water partition coefficient (Wildman–Crippen LogP) is 5.73. The van der Waals surface area contributed by atoms with Crippen LogP contribution < -0.4 is 14.2 Å². The molecule has 5 nitrogen and oxygen atoms in total. The van der Waals surface area contributed by atoms with Gasteiger partial charge in [0.05, 0.1) is 19.6 Å². The highest BCUT2D eigenvalue weighted by Crippen LogP contribution is 2.56. The summed E-state index contributed by atoms with van der Waals surface area (Å²) in [5.74, 6) is 2.17. The van der Waals surface area contributed by atoms with Crippen LogP contribution in [0.3, 0.4) is 0 Å². The number of phenolic OH excluding ortho intramolecular Hbond substituents is 2. The van der Waals surface area contributed by atoms with E-state index in [1.165, 1.54) is 11.1 Å². The highest BCUT2D eigenvalue weighted by atomic mass is 16.5. The zero-order valence-corrected chi connectivity index (χ0v) is 18.8. The monoisotopic (exact) mass is 422 g/mol. The Kier molecular flexibility index (Phi) is 5.61. The first-order chi connectivity index (χ1) is 14.8. The van der Waals surface area contributed by atoms with Gasteiger partial charge in [-0.05, 0) is 58.2 Å². The van der Waals surface area contributed by atoms with E-state index in [-0.39, 0.29) is 23.5 Å². The van der Waals surface area contributed by atoms with Gasteiger partial charge in [-0.1, -0.05) is 23.3 Å². The summed E-state index contributed by atoms with van der Waals surface area (Å²) in [5, 5.41) is 21.1. The average Bonchev–Trinajstić information content (AvgIpc) is 3.08. The number of hydrogen-bond acceptors (Lipinski definition) is 5. The van der Waals surface area contributed by atoms with Crippen LogP contribution >= 0.6 is 0 Å². The van der Waals surface area contributed by atoms with Crippen molar-refractivity contribution in [1.82, 2.24) is 0 Å². The van der Waals surface area contributed by atoms with E-state index >= 15 is 0 Å². The number of methoxy groups -OCH3 is 1. The van der Waals surface area contributed by atoms with Crippen LogP contribution in [0.5, 0.6) is 28.7 Å². The normalized spacial score (nSPS) is 18.1. The second-order valence-electron chi connectivity index (χ2n) is 8.77. The van der Waals surface area contributed by atoms with Crippen LogP contribution in [0.1, 0.15) is 62.0 Å². The molecule has 2 heterocycles. The Balaban J connectivity index is 1.78. The first kappa shape index (κ1) is 21.2. The summed E-state index contributed by atoms with van der Waals surface area (Å²) in [6, 6.07) is 5.41. The van der Waals surface area contributed by atoms with Crippen LogP contribution in [-0.2, 0) is 12.8 Å². The first-order valence-corrected chi connectivity index (χ1v) is 10.6. The zero-order chi connectivity index (χ0) is 22.3. The van der Waals surface area contributed by atoms with E-state index in [0.29, 0.717) is 30.9 Å². The van der Waals surface area contributed by atoms with Gasteiger partial charge in [0.1, 0.15) is 23.4 Å². The summed E-state index contributed by atoms with van der Waals surface area (Å²) in [4.78, 5) is 0. The smallest absolute Gasteiger partial charge is 0.167 e. The third kappa shape index (κ3) is 3.85. The van der Waals surface area contributed by atoms with Crippen LogP contribution in [0.25, 0.3) is 0 Å². The number of hydrogen-bond donors (Lipinski definition) is 2. The molecule has 2 aromatic rings. The summed E-state index contributed by atoms with van der Waals surface area (Å²) in [6.45, 7) is 8.59. The van der Waals surface area contributed by atoms with Crippen LogP contribution in [0.2, 0.25) is 0 Å². The Morgan fingerprint density at radius 2 is 1.71 bits per heavy atom. The molecule has 0 unspecified atom stereocenters. The van der Waals surface area contributed by atoms with Gasteiger partial charge in [-0.15, -0.1) is 0 Å². The minimum atomic E-state index is -0.234. The molecule has 2 N–H and O–H groups in total. The van der Waals surface area contributed by atoms with Crippen molar-refractivity contribution in [2.75, 3.05) is 13.7 Å². The van der Waals surface area contributed by atoms with Crippen molar-refractivity contribution in [1.29, 1.82) is 0 Å². The van der Waals surface area contributed by atoms with E-state index in [0.717, 1.165) is 28.0 Å². The number of ether oxygens (including phenoxy) is 3. The lowest BCUT2D eigenvalue weighted by molar-refractivity contribution is 0.138. The van der Waals surface area contributed by atoms with Crippen LogP contribution in [0, 0.1) is 0 Å². The standard InChI is InChI=1S/C26H30O5/c1-14(2)6-8-16-10-19-23(12-21(16)27)30-13-20-18-11-22(28)26(29-5)17(9-7-15(3)4)24(18)31-25(19)20/h6-7,10-12,20,25,27-28H,8-9,13H2,1-5H3/t20-,25-/m0/s1. The molecule has 0 bridgehead atoms. The Labute approximate surface area is 183 Å². The van der Waals surface area contributed by atoms with Crippen molar-refractivity contribution in [3.63, 3.8) is 0 Å². The van der Waals surface area contributed by atoms with Gasteiger partial charge in [-0.25, -0.2) is 0 Å². The van der Waals surface area contributed by atoms with Gasteiger partial charge in [0, 0.05) is 22.8 Å². The molecule has 0 aromatic heterocycles. The molecule has 0 radical (unpaired) electrons. The highest BCUT2D eigenvalue weighted by Gasteiger charge is 2.43. The highest BCUT2D eigenvalue weighted by molar-refractivity contribution is 5.63. The van der Waals surface area contributed by atoms with Gasteiger partial charge in [0.2, 0.25) is 0 Å². The first-order valence-electron chi connectivity index (χ1n) is 10.6. The zero-order valence-electron chi connectivity index (χ0n) is 18.8. The van der Waals surface area contributed by atoms with Crippen molar-refractivity contribution in [2.45, 2.75) is 52.6 Å². The number of phenols is 2. The van der Waals surface area contributed by atoms with E-state index < -0.39 is 0 Å². The minimum Gasteiger partial charge on any atom is -0.508 e. The van der Waals surface area contributed by atoms with E-state index in [9.17, 15) is 10.2 Å². The number of rotatable bonds is 5. The molecular formula is C26H30O5. The lowest BCUT2D eigenvalue weighted by Gasteiger charge is -2.28. The van der Waals surface area contributed by atoms with Crippen LogP contribution in [0.4, 0.5) is 0 Å². The van der Waals surface area contributed by atoms with E-state index in [4.69, 9.17) is 14.2 Å². The summed E-state index contributed by atoms with van der Waals surface area (Å²) in [7, 11) is 1.56. The Bertz CT molecular complexity index is 1070. The van der Waals surface area contributed by atoms with Gasteiger partial charge in [-0.3, -0.25) is 0 Å². The maximum absolute atomic E-state index is 10.6. The number of allylic oxidation sites excluding steroid dienone is 4. The lowest BCUT2D eigenvalue weighted by Crippen LogP contribution is -2.23. The molecule has 0 amide bonds. The third-order valence-electron chi connectivity index (χ3n) is 5.93. The molecule has 0 aliphatic carbocycles. The molecule has 4 rings (SSSR count). The van der Waals surface area contributed by atoms with Gasteiger partial charge >= 0.3 is 0 Å². The molecule has 0 saturated heterocycles. The Morgan fingerprint density at radius 3 is 2.39 bits per heavy atom. The van der Waals surface area contributed by atoms with Crippen LogP contribution in [0.15, 0.2) is 41.5 Å². The van der Waals surface area contributed by atoms with Crippen molar-refractivity contribution in [3.8, 4) is 28.7 Å². The fourth-order valence-electron chi connectivity index (χ4n) is 4.31. The molecule has 5 heteroatoms. The van der Waals surface area contributed by atoms with E-state index in [1.54, 1.807) is 19.2 Å². The fourth-order valence-corrected chi connectivity index (χ4v) is 4.31. The summed E-state index contributed by atoms with van der Waals surface area (Å²) < 4.78 is 18.0. The van der Waals surface area contributed by atoms with E-state index in [2.05, 4.69) is 12.2 Å². The number of benzene rings is 2. The Hall–Kier alpha value is -3.08. The molecule has 2 atom stereocenters. The topological polar surface area (TPSA) is 68.2 Å². The molecule has 31 heavy (non-hydrogen) atoms. The van der Waals surface area contributed by atoms with Gasteiger partial charge < -0.3 is 24.4 Å². The predicted molar refractivity (Wildman–Crippen MR) is 121 cm³/mol. The van der Waals surface area contributed by atoms with Crippen molar-refractivity contribution in [3.05, 3.63) is 63.8 Å².